The third-order valence-corrected chi connectivity index (χ3v) is 5.49. The van der Waals surface area contributed by atoms with Crippen molar-refractivity contribution < 1.29 is 9.53 Å². The van der Waals surface area contributed by atoms with Crippen LogP contribution in [0.15, 0.2) is 96.2 Å². The fourth-order valence-electron chi connectivity index (χ4n) is 3.55. The number of benzene rings is 3. The second-order valence-corrected chi connectivity index (χ2v) is 7.76. The fraction of sp³-hybridized carbons (Fsp3) is 0.111. The molecule has 7 heteroatoms. The molecule has 1 amide bonds. The summed E-state index contributed by atoms with van der Waals surface area (Å²) in [6.45, 7) is 0.583. The van der Waals surface area contributed by atoms with Crippen LogP contribution in [0.25, 0.3) is 11.1 Å². The number of hydrogen-bond donors (Lipinski definition) is 2. The number of rotatable bonds is 8. The molecular formula is C27H25N5O2. The van der Waals surface area contributed by atoms with Crippen LogP contribution in [-0.4, -0.2) is 24.5 Å². The van der Waals surface area contributed by atoms with Gasteiger partial charge in [0.05, 0.1) is 6.61 Å². The van der Waals surface area contributed by atoms with Gasteiger partial charge in [-0.15, -0.1) is 0 Å². The zero-order valence-corrected chi connectivity index (χ0v) is 18.8. The summed E-state index contributed by atoms with van der Waals surface area (Å²) in [7, 11) is 1.74. The molecule has 7 nitrogen and oxygen atoms in total. The molecule has 0 bridgehead atoms. The van der Waals surface area contributed by atoms with Crippen molar-refractivity contribution in [3.8, 4) is 16.9 Å². The van der Waals surface area contributed by atoms with Gasteiger partial charge in [-0.25, -0.2) is 10.5 Å². The Kier molecular flexibility index (Phi) is 6.93. The molecule has 0 aliphatic rings. The Morgan fingerprint density at radius 2 is 1.76 bits per heavy atom. The summed E-state index contributed by atoms with van der Waals surface area (Å²) in [4.78, 5) is 18.8. The average Bonchev–Trinajstić information content (AvgIpc) is 2.89. The topological polar surface area (TPSA) is 105 Å². The van der Waals surface area contributed by atoms with E-state index in [9.17, 15) is 4.79 Å². The minimum absolute atomic E-state index is 0.145. The normalized spacial score (nSPS) is 10.5. The van der Waals surface area contributed by atoms with E-state index >= 15 is 0 Å². The number of carbonyl (C=O) groups excluding carboxylic acids is 1. The zero-order chi connectivity index (χ0) is 23.9. The molecule has 0 saturated carbocycles. The molecule has 3 N–H and O–H groups in total. The largest absolute Gasteiger partial charge is 0.493 e. The van der Waals surface area contributed by atoms with Crippen molar-refractivity contribution in [1.82, 2.24) is 4.98 Å². The maximum absolute atomic E-state index is 13.1. The monoisotopic (exact) mass is 451 g/mol. The van der Waals surface area contributed by atoms with E-state index in [-0.39, 0.29) is 17.4 Å². The first-order chi connectivity index (χ1) is 16.5. The third-order valence-electron chi connectivity index (χ3n) is 5.49. The summed E-state index contributed by atoms with van der Waals surface area (Å²) in [6.07, 6.45) is 2.44. The first-order valence-corrected chi connectivity index (χ1v) is 10.8. The Labute approximate surface area is 198 Å². The van der Waals surface area contributed by atoms with Gasteiger partial charge in [-0.3, -0.25) is 4.79 Å². The maximum atomic E-state index is 13.1. The summed E-state index contributed by atoms with van der Waals surface area (Å²) in [5, 5.41) is 3.40. The minimum atomic E-state index is -0.145. The lowest BCUT2D eigenvalue weighted by atomic mass is 10.0. The molecule has 0 radical (unpaired) electrons. The number of pyridine rings is 1. The van der Waals surface area contributed by atoms with E-state index in [0.29, 0.717) is 12.2 Å². The van der Waals surface area contributed by atoms with E-state index in [2.05, 4.69) is 22.2 Å². The Bertz CT molecular complexity index is 1290. The number of amides is 1. The number of nitrogens with one attached hydrogen (secondary N) is 1. The standard InChI is InChI=1S/C27H25N5O2/c1-32(23-10-12-24(13-11-23)34-15-14-19-6-3-2-4-7-19)27(33)21-9-5-8-20(16-21)22-17-25(31-29)26(28)30-18-22/h2-13,16-18,29H,14-15H2,1H3,(H2,28,30). The smallest absolute Gasteiger partial charge is 0.258 e. The van der Waals surface area contributed by atoms with Gasteiger partial charge in [-0.05, 0) is 53.6 Å². The van der Waals surface area contributed by atoms with E-state index in [1.807, 2.05) is 54.6 Å². The van der Waals surface area contributed by atoms with E-state index in [1.54, 1.807) is 36.3 Å². The lowest BCUT2D eigenvalue weighted by Gasteiger charge is -2.18. The highest BCUT2D eigenvalue weighted by Gasteiger charge is 2.15. The van der Waals surface area contributed by atoms with Gasteiger partial charge >= 0.3 is 0 Å². The highest BCUT2D eigenvalue weighted by molar-refractivity contribution is 6.06. The number of carbonyl (C=O) groups is 1. The predicted molar refractivity (Wildman–Crippen MR) is 134 cm³/mol. The van der Waals surface area contributed by atoms with Crippen molar-refractivity contribution in [2.24, 2.45) is 5.11 Å². The second-order valence-electron chi connectivity index (χ2n) is 7.76. The van der Waals surface area contributed by atoms with Crippen LogP contribution in [0.5, 0.6) is 5.75 Å². The summed E-state index contributed by atoms with van der Waals surface area (Å²) in [6, 6.07) is 26.6. The van der Waals surface area contributed by atoms with Crippen molar-refractivity contribution in [2.75, 3.05) is 24.3 Å². The molecule has 4 aromatic rings. The van der Waals surface area contributed by atoms with Gasteiger partial charge < -0.3 is 15.4 Å². The molecule has 3 aromatic carbocycles. The van der Waals surface area contributed by atoms with Gasteiger partial charge in [0, 0.05) is 36.5 Å². The molecular weight excluding hydrogens is 426 g/mol. The Balaban J connectivity index is 1.43. The summed E-state index contributed by atoms with van der Waals surface area (Å²) in [5.74, 6) is 0.806. The Morgan fingerprint density at radius 3 is 2.50 bits per heavy atom. The molecule has 1 aromatic heterocycles. The van der Waals surface area contributed by atoms with Crippen LogP contribution in [0.4, 0.5) is 17.2 Å². The maximum Gasteiger partial charge on any atom is 0.258 e. The van der Waals surface area contributed by atoms with Gasteiger partial charge in [0.1, 0.15) is 11.4 Å². The number of nitrogen functional groups attached to an aromatic ring is 1. The van der Waals surface area contributed by atoms with Crippen LogP contribution in [0, 0.1) is 5.53 Å². The van der Waals surface area contributed by atoms with Crippen LogP contribution >= 0.6 is 0 Å². The lowest BCUT2D eigenvalue weighted by Crippen LogP contribution is -2.26. The highest BCUT2D eigenvalue weighted by atomic mass is 16.5. The number of ether oxygens (including phenoxy) is 1. The molecule has 0 aliphatic carbocycles. The molecule has 4 rings (SSSR count). The first kappa shape index (κ1) is 22.7. The van der Waals surface area contributed by atoms with Crippen molar-refractivity contribution >= 4 is 23.1 Å². The lowest BCUT2D eigenvalue weighted by molar-refractivity contribution is 0.0993. The van der Waals surface area contributed by atoms with Gasteiger partial charge in [0.25, 0.3) is 5.91 Å². The third kappa shape index (κ3) is 5.27. The number of nitrogens with two attached hydrogens (primary N) is 1. The van der Waals surface area contributed by atoms with Gasteiger partial charge in [0.15, 0.2) is 5.82 Å². The first-order valence-electron chi connectivity index (χ1n) is 10.8. The summed E-state index contributed by atoms with van der Waals surface area (Å²) >= 11 is 0. The van der Waals surface area contributed by atoms with E-state index in [1.165, 1.54) is 5.56 Å². The predicted octanol–water partition coefficient (Wildman–Crippen LogP) is 5.89. The fourth-order valence-corrected chi connectivity index (χ4v) is 3.55. The highest BCUT2D eigenvalue weighted by Crippen LogP contribution is 2.28. The number of hydrogen-bond acceptors (Lipinski definition) is 6. The Morgan fingerprint density at radius 1 is 1.00 bits per heavy atom. The molecule has 0 saturated heterocycles. The van der Waals surface area contributed by atoms with Crippen LogP contribution in [-0.2, 0) is 6.42 Å². The van der Waals surface area contributed by atoms with Crippen LogP contribution in [0.1, 0.15) is 15.9 Å². The SMILES string of the molecule is CN(C(=O)c1cccc(-c2cnc(N)c(N=N)c2)c1)c1ccc(OCCc2ccccc2)cc1. The molecule has 0 spiro atoms. The van der Waals surface area contributed by atoms with Gasteiger partial charge in [0.2, 0.25) is 0 Å². The molecule has 0 unspecified atom stereocenters. The van der Waals surface area contributed by atoms with Crippen molar-refractivity contribution in [2.45, 2.75) is 6.42 Å². The molecule has 0 fully saturated rings. The van der Waals surface area contributed by atoms with E-state index < -0.39 is 0 Å². The molecule has 34 heavy (non-hydrogen) atoms. The second kappa shape index (κ2) is 10.4. The number of anilines is 2. The summed E-state index contributed by atoms with van der Waals surface area (Å²) < 4.78 is 5.84. The van der Waals surface area contributed by atoms with Crippen molar-refractivity contribution in [3.63, 3.8) is 0 Å². The number of nitrogens with zero attached hydrogens (tertiary/aromatic N) is 3. The minimum Gasteiger partial charge on any atom is -0.493 e. The zero-order valence-electron chi connectivity index (χ0n) is 18.8. The number of aromatic nitrogens is 1. The van der Waals surface area contributed by atoms with Crippen molar-refractivity contribution in [1.29, 1.82) is 5.53 Å². The van der Waals surface area contributed by atoms with Crippen LogP contribution in [0.2, 0.25) is 0 Å². The average molecular weight is 452 g/mol. The molecule has 0 aliphatic heterocycles. The van der Waals surface area contributed by atoms with Gasteiger partial charge in [-0.2, -0.15) is 5.11 Å². The summed E-state index contributed by atoms with van der Waals surface area (Å²) in [5.41, 5.74) is 17.3. The molecule has 170 valence electrons. The quantitative estimate of drug-likeness (QED) is 0.326. The van der Waals surface area contributed by atoms with Gasteiger partial charge in [-0.1, -0.05) is 42.5 Å². The molecule has 0 atom stereocenters. The van der Waals surface area contributed by atoms with Crippen molar-refractivity contribution in [3.05, 3.63) is 102 Å². The Hall–Kier alpha value is -4.52. The molecule has 1 heterocycles. The van der Waals surface area contributed by atoms with E-state index in [4.69, 9.17) is 16.0 Å². The van der Waals surface area contributed by atoms with Crippen LogP contribution < -0.4 is 15.4 Å². The van der Waals surface area contributed by atoms with E-state index in [0.717, 1.165) is 29.0 Å². The van der Waals surface area contributed by atoms with Crippen LogP contribution in [0.3, 0.4) is 0 Å².